The molecule has 406 valence electrons. The van der Waals surface area contributed by atoms with Gasteiger partial charge in [0, 0.05) is 12.8 Å². The summed E-state index contributed by atoms with van der Waals surface area (Å²) in [5.74, 6) is -1.30. The second-order valence-corrected chi connectivity index (χ2v) is 18.9. The number of unbranched alkanes of at least 4 members (excludes halogenated alkanes) is 18. The Bertz CT molecular complexity index is 1520. The molecule has 1 aliphatic rings. The van der Waals surface area contributed by atoms with E-state index in [1.54, 1.807) is 12.2 Å². The van der Waals surface area contributed by atoms with E-state index < -0.39 is 67.4 Å². The van der Waals surface area contributed by atoms with Crippen LogP contribution < -0.4 is 5.32 Å². The topological polar surface area (TPSA) is 175 Å². The molecule has 0 aromatic rings. The SMILES string of the molecule is CC/C=C\C/C=C\C/C=C\C/C=C\C/C=C\C/C=C\CC(O)C(=O)NC(COC1OC(CO)C(O)C(O)C1OC(=O)CCCCCCC/C=C\CCCC)C(O)/C=C/CCCCCCCCCCCCC. The van der Waals surface area contributed by atoms with Crippen molar-refractivity contribution in [2.75, 3.05) is 13.2 Å². The maximum Gasteiger partial charge on any atom is 0.306 e. The maximum atomic E-state index is 13.3. The van der Waals surface area contributed by atoms with Crippen LogP contribution in [0.2, 0.25) is 0 Å². The molecule has 0 bridgehead atoms. The zero-order valence-electron chi connectivity index (χ0n) is 44.6. The summed E-state index contributed by atoms with van der Waals surface area (Å²) < 4.78 is 17.5. The minimum atomic E-state index is -1.63. The molecule has 71 heavy (non-hydrogen) atoms. The van der Waals surface area contributed by atoms with Crippen molar-refractivity contribution in [2.24, 2.45) is 0 Å². The van der Waals surface area contributed by atoms with Crippen molar-refractivity contribution < 1.29 is 49.3 Å². The van der Waals surface area contributed by atoms with Crippen molar-refractivity contribution in [3.8, 4) is 0 Å². The number of hydrogen-bond acceptors (Lipinski definition) is 10. The molecule has 8 unspecified atom stereocenters. The zero-order chi connectivity index (χ0) is 51.8. The summed E-state index contributed by atoms with van der Waals surface area (Å²) in [5.41, 5.74) is 0. The number of aliphatic hydroxyl groups excluding tert-OH is 5. The molecule has 0 spiro atoms. The number of allylic oxidation sites excluding steroid dienone is 14. The molecule has 6 N–H and O–H groups in total. The van der Waals surface area contributed by atoms with Crippen molar-refractivity contribution in [3.05, 3.63) is 97.2 Å². The average molecular weight is 996 g/mol. The number of aliphatic hydroxyl groups is 5. The molecule has 0 saturated carbocycles. The molecule has 0 aliphatic carbocycles. The van der Waals surface area contributed by atoms with Gasteiger partial charge >= 0.3 is 5.97 Å². The number of amides is 1. The molecule has 1 rings (SSSR count). The van der Waals surface area contributed by atoms with E-state index in [-0.39, 0.29) is 19.4 Å². The number of rotatable bonds is 45. The average Bonchev–Trinajstić information content (AvgIpc) is 3.37. The molecule has 1 saturated heterocycles. The molecule has 0 radical (unpaired) electrons. The normalized spacial score (nSPS) is 20.4. The van der Waals surface area contributed by atoms with E-state index in [0.29, 0.717) is 12.8 Å². The van der Waals surface area contributed by atoms with Crippen molar-refractivity contribution in [3.63, 3.8) is 0 Å². The highest BCUT2D eigenvalue weighted by atomic mass is 16.7. The largest absolute Gasteiger partial charge is 0.454 e. The highest BCUT2D eigenvalue weighted by Crippen LogP contribution is 2.26. The Balaban J connectivity index is 2.82. The first-order valence-corrected chi connectivity index (χ1v) is 28.0. The summed E-state index contributed by atoms with van der Waals surface area (Å²) in [6.07, 6.45) is 51.9. The molecule has 11 heteroatoms. The van der Waals surface area contributed by atoms with Crippen molar-refractivity contribution in [1.82, 2.24) is 5.32 Å². The van der Waals surface area contributed by atoms with Crippen LogP contribution in [-0.4, -0.2) is 99.6 Å². The van der Waals surface area contributed by atoms with E-state index in [1.807, 2.05) is 18.2 Å². The molecule has 1 fully saturated rings. The number of carbonyl (C=O) groups excluding carboxylic acids is 2. The van der Waals surface area contributed by atoms with Gasteiger partial charge in [-0.05, 0) is 77.0 Å². The molecule has 8 atom stereocenters. The van der Waals surface area contributed by atoms with Crippen LogP contribution in [0.4, 0.5) is 0 Å². The van der Waals surface area contributed by atoms with E-state index in [2.05, 4.69) is 92.9 Å². The molecular weight excluding hydrogens is 895 g/mol. The number of ether oxygens (including phenoxy) is 3. The third kappa shape index (κ3) is 36.2. The van der Waals surface area contributed by atoms with E-state index in [9.17, 15) is 35.1 Å². The monoisotopic (exact) mass is 996 g/mol. The number of hydrogen-bond donors (Lipinski definition) is 6. The van der Waals surface area contributed by atoms with Gasteiger partial charge in [0.05, 0.1) is 25.4 Å². The second-order valence-electron chi connectivity index (χ2n) is 18.9. The Morgan fingerprint density at radius 2 is 1.03 bits per heavy atom. The van der Waals surface area contributed by atoms with Crippen LogP contribution in [0.3, 0.4) is 0 Å². The van der Waals surface area contributed by atoms with Crippen LogP contribution in [0, 0.1) is 0 Å². The van der Waals surface area contributed by atoms with Crippen molar-refractivity contribution in [1.29, 1.82) is 0 Å². The van der Waals surface area contributed by atoms with Gasteiger partial charge in [0.25, 0.3) is 0 Å². The summed E-state index contributed by atoms with van der Waals surface area (Å²) >= 11 is 0. The first-order chi connectivity index (χ1) is 34.7. The minimum Gasteiger partial charge on any atom is -0.454 e. The summed E-state index contributed by atoms with van der Waals surface area (Å²) in [6.45, 7) is 5.55. The third-order valence-electron chi connectivity index (χ3n) is 12.5. The van der Waals surface area contributed by atoms with E-state index in [0.717, 1.165) is 96.3 Å². The fourth-order valence-corrected chi connectivity index (χ4v) is 8.00. The lowest BCUT2D eigenvalue weighted by atomic mass is 9.99. The fraction of sp³-hybridized carbons (Fsp3) is 0.700. The predicted molar refractivity (Wildman–Crippen MR) is 292 cm³/mol. The minimum absolute atomic E-state index is 0.0530. The van der Waals surface area contributed by atoms with Gasteiger partial charge in [0.1, 0.15) is 24.4 Å². The van der Waals surface area contributed by atoms with Crippen LogP contribution in [0.25, 0.3) is 0 Å². The lowest BCUT2D eigenvalue weighted by Gasteiger charge is -2.41. The van der Waals surface area contributed by atoms with Gasteiger partial charge in [-0.15, -0.1) is 0 Å². The third-order valence-corrected chi connectivity index (χ3v) is 12.5. The predicted octanol–water partition coefficient (Wildman–Crippen LogP) is 12.4. The first kappa shape index (κ1) is 65.6. The zero-order valence-corrected chi connectivity index (χ0v) is 44.6. The molecule has 1 amide bonds. The van der Waals surface area contributed by atoms with Gasteiger partial charge in [0.2, 0.25) is 5.91 Å². The Labute approximate surface area is 431 Å². The molecule has 0 aromatic heterocycles. The fourth-order valence-electron chi connectivity index (χ4n) is 8.00. The first-order valence-electron chi connectivity index (χ1n) is 28.0. The van der Waals surface area contributed by atoms with Gasteiger partial charge < -0.3 is 45.1 Å². The van der Waals surface area contributed by atoms with Crippen LogP contribution in [0.15, 0.2) is 97.2 Å². The van der Waals surface area contributed by atoms with Crippen LogP contribution in [-0.2, 0) is 23.8 Å². The molecule has 11 nitrogen and oxygen atoms in total. The number of carbonyl (C=O) groups is 2. The van der Waals surface area contributed by atoms with Gasteiger partial charge in [-0.2, -0.15) is 0 Å². The van der Waals surface area contributed by atoms with Gasteiger partial charge in [-0.3, -0.25) is 9.59 Å². The lowest BCUT2D eigenvalue weighted by molar-refractivity contribution is -0.305. The Morgan fingerprint density at radius 3 is 1.55 bits per heavy atom. The molecular formula is C60H101NO10. The standard InChI is InChI=1S/C60H101NO10/c1-4-7-10-13-16-19-22-24-25-26-27-28-30-33-35-38-41-44-47-53(64)59(68)61-51(52(63)46-43-40-37-34-32-29-23-20-17-14-11-8-5-2)50-69-60-58(57(67)56(66)54(49-62)70-60)71-55(65)48-45-42-39-36-31-21-18-15-12-9-6-3/h7,10,15-16,18-19,24-25,27-28,33,35,41,43-44,46,51-54,56-58,60,62-64,66-67H,4-6,8-9,11-14,17,20-23,26,29-32,34,36-40,42,45,47-50H2,1-3H3,(H,61,68)/b10-7-,18-15-,19-16-,25-24-,28-27-,35-33-,44-41-,46-43+. The van der Waals surface area contributed by atoms with E-state index in [1.165, 1.54) is 64.2 Å². The summed E-state index contributed by atoms with van der Waals surface area (Å²) in [4.78, 5) is 26.4. The Kier molecular flexibility index (Phi) is 44.0. The summed E-state index contributed by atoms with van der Waals surface area (Å²) in [5, 5.41) is 56.6. The van der Waals surface area contributed by atoms with E-state index >= 15 is 0 Å². The van der Waals surface area contributed by atoms with Crippen molar-refractivity contribution >= 4 is 11.9 Å². The maximum absolute atomic E-state index is 13.3. The van der Waals surface area contributed by atoms with Crippen molar-refractivity contribution in [2.45, 2.75) is 256 Å². The smallest absolute Gasteiger partial charge is 0.306 e. The van der Waals surface area contributed by atoms with E-state index in [4.69, 9.17) is 14.2 Å². The lowest BCUT2D eigenvalue weighted by Crippen LogP contribution is -2.61. The molecule has 1 aliphatic heterocycles. The quantitative estimate of drug-likeness (QED) is 0.0196. The van der Waals surface area contributed by atoms with Gasteiger partial charge in [0.15, 0.2) is 12.4 Å². The number of esters is 1. The molecule has 1 heterocycles. The molecule has 0 aromatic carbocycles. The number of nitrogens with one attached hydrogen (secondary N) is 1. The highest BCUT2D eigenvalue weighted by molar-refractivity contribution is 5.81. The van der Waals surface area contributed by atoms with Crippen LogP contribution >= 0.6 is 0 Å². The summed E-state index contributed by atoms with van der Waals surface area (Å²) in [6, 6.07) is -1.07. The van der Waals surface area contributed by atoms with Gasteiger partial charge in [-0.25, -0.2) is 0 Å². The van der Waals surface area contributed by atoms with Gasteiger partial charge in [-0.1, -0.05) is 214 Å². The Hall–Kier alpha value is -3.42. The van der Waals surface area contributed by atoms with Crippen LogP contribution in [0.5, 0.6) is 0 Å². The van der Waals surface area contributed by atoms with Crippen LogP contribution in [0.1, 0.15) is 207 Å². The highest BCUT2D eigenvalue weighted by Gasteiger charge is 2.47. The Morgan fingerprint density at radius 1 is 0.563 bits per heavy atom. The second kappa shape index (κ2) is 47.6. The summed E-state index contributed by atoms with van der Waals surface area (Å²) in [7, 11) is 0.